The molecule has 1 aliphatic heterocycles. The first-order valence-electron chi connectivity index (χ1n) is 10.4. The predicted octanol–water partition coefficient (Wildman–Crippen LogP) is 4.08. The summed E-state index contributed by atoms with van der Waals surface area (Å²) in [5.41, 5.74) is 4.97. The van der Waals surface area contributed by atoms with Crippen molar-refractivity contribution in [3.8, 4) is 17.6 Å². The van der Waals surface area contributed by atoms with Gasteiger partial charge in [0.2, 0.25) is 0 Å². The number of nitrogens with zero attached hydrogens (tertiary/aromatic N) is 2. The third kappa shape index (κ3) is 4.20. The Kier molecular flexibility index (Phi) is 5.80. The number of fused-ring (bicyclic) bond motifs is 1. The van der Waals surface area contributed by atoms with Crippen molar-refractivity contribution in [2.45, 2.75) is 51.2 Å². The summed E-state index contributed by atoms with van der Waals surface area (Å²) in [6.07, 6.45) is 5.07. The van der Waals surface area contributed by atoms with Crippen molar-refractivity contribution >= 4 is 11.7 Å². The molecule has 1 aliphatic carbocycles. The Balaban J connectivity index is 1.57. The van der Waals surface area contributed by atoms with E-state index in [0.717, 1.165) is 37.1 Å². The van der Waals surface area contributed by atoms with E-state index in [0.29, 0.717) is 30.0 Å². The van der Waals surface area contributed by atoms with Crippen molar-refractivity contribution in [3.63, 3.8) is 0 Å². The number of carboxylic acid groups (broad SMARTS) is 1. The first-order chi connectivity index (χ1) is 14.6. The van der Waals surface area contributed by atoms with E-state index in [-0.39, 0.29) is 12.5 Å². The van der Waals surface area contributed by atoms with Gasteiger partial charge in [-0.05, 0) is 48.8 Å². The van der Waals surface area contributed by atoms with Gasteiger partial charge in [0.15, 0.2) is 11.5 Å². The zero-order valence-corrected chi connectivity index (χ0v) is 17.2. The van der Waals surface area contributed by atoms with Crippen LogP contribution in [0.1, 0.15) is 47.9 Å². The van der Waals surface area contributed by atoms with Crippen molar-refractivity contribution in [1.29, 1.82) is 5.26 Å². The Morgan fingerprint density at radius 2 is 2.07 bits per heavy atom. The SMILES string of the molecule is COc1cc(C#N)c(N2CCc3cc(CCC(=O)O)ccc3C2)cc1OC1CCC1. The maximum absolute atomic E-state index is 10.8. The Labute approximate surface area is 176 Å². The van der Waals surface area contributed by atoms with E-state index in [4.69, 9.17) is 14.6 Å². The highest BCUT2D eigenvalue weighted by molar-refractivity contribution is 5.68. The van der Waals surface area contributed by atoms with Crippen LogP contribution in [0, 0.1) is 11.3 Å². The van der Waals surface area contributed by atoms with Gasteiger partial charge in [0.25, 0.3) is 0 Å². The Morgan fingerprint density at radius 1 is 1.23 bits per heavy atom. The molecule has 0 radical (unpaired) electrons. The maximum atomic E-state index is 10.8. The smallest absolute Gasteiger partial charge is 0.303 e. The molecular weight excluding hydrogens is 380 g/mol. The zero-order chi connectivity index (χ0) is 21.1. The van der Waals surface area contributed by atoms with Crippen LogP contribution in [-0.4, -0.2) is 30.8 Å². The summed E-state index contributed by atoms with van der Waals surface area (Å²) in [7, 11) is 1.60. The van der Waals surface area contributed by atoms with Crippen LogP contribution < -0.4 is 14.4 Å². The highest BCUT2D eigenvalue weighted by atomic mass is 16.5. The molecule has 0 saturated heterocycles. The second-order valence-corrected chi connectivity index (χ2v) is 7.97. The molecule has 2 aromatic carbocycles. The number of aryl methyl sites for hydroxylation is 1. The van der Waals surface area contributed by atoms with Gasteiger partial charge in [-0.3, -0.25) is 4.79 Å². The molecule has 2 aliphatic rings. The molecule has 2 aromatic rings. The Hall–Kier alpha value is -3.20. The van der Waals surface area contributed by atoms with E-state index in [9.17, 15) is 10.1 Å². The Bertz CT molecular complexity index is 991. The summed E-state index contributed by atoms with van der Waals surface area (Å²) in [5.74, 6) is 0.524. The van der Waals surface area contributed by atoms with Gasteiger partial charge in [-0.1, -0.05) is 18.2 Å². The number of methoxy groups -OCH3 is 1. The van der Waals surface area contributed by atoms with Gasteiger partial charge in [-0.2, -0.15) is 5.26 Å². The maximum Gasteiger partial charge on any atom is 0.303 e. The number of benzene rings is 2. The summed E-state index contributed by atoms with van der Waals surface area (Å²) in [6.45, 7) is 1.50. The lowest BCUT2D eigenvalue weighted by Crippen LogP contribution is -2.31. The normalized spacial score (nSPS) is 15.7. The third-order valence-electron chi connectivity index (χ3n) is 6.00. The minimum Gasteiger partial charge on any atom is -0.493 e. The summed E-state index contributed by atoms with van der Waals surface area (Å²) < 4.78 is 11.6. The second-order valence-electron chi connectivity index (χ2n) is 7.97. The first-order valence-corrected chi connectivity index (χ1v) is 10.4. The van der Waals surface area contributed by atoms with Gasteiger partial charge in [0, 0.05) is 31.6 Å². The topological polar surface area (TPSA) is 82.8 Å². The number of hydrogen-bond acceptors (Lipinski definition) is 5. The molecule has 156 valence electrons. The molecule has 0 amide bonds. The molecule has 0 bridgehead atoms. The lowest BCUT2D eigenvalue weighted by molar-refractivity contribution is -0.136. The number of aliphatic carboxylic acids is 1. The molecule has 0 unspecified atom stereocenters. The van der Waals surface area contributed by atoms with Gasteiger partial charge < -0.3 is 19.5 Å². The molecule has 1 fully saturated rings. The van der Waals surface area contributed by atoms with E-state index in [2.05, 4.69) is 23.1 Å². The lowest BCUT2D eigenvalue weighted by atomic mass is 9.95. The third-order valence-corrected chi connectivity index (χ3v) is 6.00. The van der Waals surface area contributed by atoms with Crippen LogP contribution in [0.3, 0.4) is 0 Å². The van der Waals surface area contributed by atoms with E-state index in [1.54, 1.807) is 13.2 Å². The molecule has 1 saturated carbocycles. The van der Waals surface area contributed by atoms with Crippen molar-refractivity contribution in [2.24, 2.45) is 0 Å². The van der Waals surface area contributed by atoms with Crippen molar-refractivity contribution in [3.05, 3.63) is 52.6 Å². The fourth-order valence-corrected chi connectivity index (χ4v) is 4.04. The van der Waals surface area contributed by atoms with Crippen LogP contribution in [0.5, 0.6) is 11.5 Å². The van der Waals surface area contributed by atoms with Crippen LogP contribution in [0.15, 0.2) is 30.3 Å². The number of ether oxygens (including phenoxy) is 2. The number of carboxylic acids is 1. The van der Waals surface area contributed by atoms with Gasteiger partial charge in [-0.15, -0.1) is 0 Å². The lowest BCUT2D eigenvalue weighted by Gasteiger charge is -2.33. The number of hydrogen-bond donors (Lipinski definition) is 1. The fraction of sp³-hybridized carbons (Fsp3) is 0.417. The van der Waals surface area contributed by atoms with Crippen LogP contribution in [0.4, 0.5) is 5.69 Å². The van der Waals surface area contributed by atoms with Gasteiger partial charge in [0.1, 0.15) is 6.07 Å². The predicted molar refractivity (Wildman–Crippen MR) is 113 cm³/mol. The molecule has 6 heteroatoms. The Morgan fingerprint density at radius 3 is 2.73 bits per heavy atom. The van der Waals surface area contributed by atoms with Crippen molar-refractivity contribution in [2.75, 3.05) is 18.6 Å². The summed E-state index contributed by atoms with van der Waals surface area (Å²) in [4.78, 5) is 13.0. The second kappa shape index (κ2) is 8.66. The average molecular weight is 406 g/mol. The van der Waals surface area contributed by atoms with Crippen LogP contribution in [0.25, 0.3) is 0 Å². The van der Waals surface area contributed by atoms with E-state index in [1.165, 1.54) is 17.5 Å². The summed E-state index contributed by atoms with van der Waals surface area (Å²) >= 11 is 0. The molecule has 1 N–H and O–H groups in total. The molecule has 4 rings (SSSR count). The minimum atomic E-state index is -0.776. The van der Waals surface area contributed by atoms with Crippen LogP contribution >= 0.6 is 0 Å². The molecule has 0 aromatic heterocycles. The van der Waals surface area contributed by atoms with Crippen LogP contribution in [0.2, 0.25) is 0 Å². The monoisotopic (exact) mass is 406 g/mol. The molecule has 30 heavy (non-hydrogen) atoms. The molecule has 0 spiro atoms. The fourth-order valence-electron chi connectivity index (χ4n) is 4.04. The van der Waals surface area contributed by atoms with Gasteiger partial charge in [-0.25, -0.2) is 0 Å². The van der Waals surface area contributed by atoms with Crippen LogP contribution in [-0.2, 0) is 24.2 Å². The average Bonchev–Trinajstić information content (AvgIpc) is 2.73. The highest BCUT2D eigenvalue weighted by Crippen LogP contribution is 2.39. The number of nitriles is 1. The van der Waals surface area contributed by atoms with Crippen molar-refractivity contribution in [1.82, 2.24) is 0 Å². The largest absolute Gasteiger partial charge is 0.493 e. The van der Waals surface area contributed by atoms with E-state index in [1.807, 2.05) is 12.1 Å². The van der Waals surface area contributed by atoms with E-state index < -0.39 is 5.97 Å². The zero-order valence-electron chi connectivity index (χ0n) is 17.2. The number of rotatable bonds is 7. The molecular formula is C24H26N2O4. The molecule has 6 nitrogen and oxygen atoms in total. The highest BCUT2D eigenvalue weighted by Gasteiger charge is 2.25. The summed E-state index contributed by atoms with van der Waals surface area (Å²) in [5, 5.41) is 18.6. The summed E-state index contributed by atoms with van der Waals surface area (Å²) in [6, 6.07) is 12.2. The molecule has 1 heterocycles. The standard InChI is InChI=1S/C24H26N2O4/c1-29-22-12-19(14-25)21(13-23(22)30-20-3-2-4-20)26-10-9-17-11-16(6-8-24(27)28)5-7-18(17)15-26/h5,7,11-13,20H,2-4,6,8-10,15H2,1H3,(H,27,28). The minimum absolute atomic E-state index is 0.145. The first kappa shape index (κ1) is 20.1. The number of anilines is 1. The molecule has 0 atom stereocenters. The van der Waals surface area contributed by atoms with Gasteiger partial charge >= 0.3 is 5.97 Å². The number of carbonyl (C=O) groups is 1. The quantitative estimate of drug-likeness (QED) is 0.746. The van der Waals surface area contributed by atoms with E-state index >= 15 is 0 Å². The van der Waals surface area contributed by atoms with Gasteiger partial charge in [0.05, 0.1) is 24.5 Å². The van der Waals surface area contributed by atoms with Crippen molar-refractivity contribution < 1.29 is 19.4 Å².